The minimum absolute atomic E-state index is 0.0690. The predicted molar refractivity (Wildman–Crippen MR) is 139 cm³/mol. The van der Waals surface area contributed by atoms with Gasteiger partial charge in [-0.15, -0.1) is 0 Å². The number of nitrogens with zero attached hydrogens (tertiary/aromatic N) is 2. The van der Waals surface area contributed by atoms with E-state index in [0.29, 0.717) is 0 Å². The molecule has 1 aliphatic carbocycles. The number of aromatic nitrogens is 2. The summed E-state index contributed by atoms with van der Waals surface area (Å²) in [6.45, 7) is 0.0965. The summed E-state index contributed by atoms with van der Waals surface area (Å²) in [4.78, 5) is 11.9. The number of sulfonamides is 1. The molecular formula is C27H25FN4O4S. The highest BCUT2D eigenvalue weighted by Gasteiger charge is 2.23. The predicted octanol–water partition coefficient (Wildman–Crippen LogP) is 4.58. The lowest BCUT2D eigenvalue weighted by Gasteiger charge is -2.18. The first-order valence-electron chi connectivity index (χ1n) is 11.8. The molecule has 2 N–H and O–H groups in total. The second kappa shape index (κ2) is 10.1. The zero-order valence-electron chi connectivity index (χ0n) is 20.1. The van der Waals surface area contributed by atoms with E-state index in [1.54, 1.807) is 0 Å². The Labute approximate surface area is 213 Å². The first-order valence-corrected chi connectivity index (χ1v) is 13.2. The molecule has 0 unspecified atom stereocenters. The average molecular weight is 521 g/mol. The van der Waals surface area contributed by atoms with Crippen molar-refractivity contribution < 1.29 is 22.3 Å². The van der Waals surface area contributed by atoms with Crippen molar-refractivity contribution in [1.29, 1.82) is 0 Å². The molecule has 10 heteroatoms. The van der Waals surface area contributed by atoms with Crippen LogP contribution in [0.4, 0.5) is 9.18 Å². The minimum Gasteiger partial charge on any atom is -0.495 e. The molecule has 1 heterocycles. The smallest absolute Gasteiger partial charge is 0.328 e. The molecule has 2 amide bonds. The van der Waals surface area contributed by atoms with Gasteiger partial charge in [0, 0.05) is 6.54 Å². The van der Waals surface area contributed by atoms with Crippen molar-refractivity contribution in [2.24, 2.45) is 0 Å². The number of nitrogens with one attached hydrogen (secondary N) is 2. The molecule has 0 aliphatic heterocycles. The Morgan fingerprint density at radius 2 is 1.92 bits per heavy atom. The third-order valence-electron chi connectivity index (χ3n) is 6.27. The topological polar surface area (TPSA) is 102 Å². The molecule has 0 radical (unpaired) electrons. The van der Waals surface area contributed by atoms with Crippen molar-refractivity contribution in [2.45, 2.75) is 24.2 Å². The highest BCUT2D eigenvalue weighted by atomic mass is 32.2. The van der Waals surface area contributed by atoms with Crippen molar-refractivity contribution in [3.05, 3.63) is 90.0 Å². The van der Waals surface area contributed by atoms with E-state index in [0.717, 1.165) is 64.7 Å². The monoisotopic (exact) mass is 520 g/mol. The van der Waals surface area contributed by atoms with Crippen molar-refractivity contribution in [1.82, 2.24) is 19.8 Å². The number of hydrogen-bond donors (Lipinski definition) is 2. The van der Waals surface area contributed by atoms with Gasteiger partial charge in [-0.25, -0.2) is 27.0 Å². The van der Waals surface area contributed by atoms with Crippen LogP contribution in [0.25, 0.3) is 22.0 Å². The molecule has 1 aliphatic rings. The van der Waals surface area contributed by atoms with Gasteiger partial charge < -0.3 is 10.1 Å². The fourth-order valence-corrected chi connectivity index (χ4v) is 5.65. The fraction of sp³-hybridized carbons (Fsp3) is 0.185. The van der Waals surface area contributed by atoms with E-state index >= 15 is 0 Å². The lowest BCUT2D eigenvalue weighted by molar-refractivity contribution is 0.247. The van der Waals surface area contributed by atoms with E-state index in [-0.39, 0.29) is 12.3 Å². The van der Waals surface area contributed by atoms with Crippen LogP contribution >= 0.6 is 0 Å². The number of hydrogen-bond acceptors (Lipinski definition) is 5. The largest absolute Gasteiger partial charge is 0.495 e. The number of carbonyl (C=O) groups excluding carboxylic acids is 1. The van der Waals surface area contributed by atoms with Gasteiger partial charge in [-0.2, -0.15) is 5.10 Å². The van der Waals surface area contributed by atoms with Crippen LogP contribution < -0.4 is 14.8 Å². The van der Waals surface area contributed by atoms with Crippen molar-refractivity contribution in [3.8, 4) is 11.4 Å². The fourth-order valence-electron chi connectivity index (χ4n) is 4.54. The van der Waals surface area contributed by atoms with Gasteiger partial charge in [0.15, 0.2) is 0 Å². The Morgan fingerprint density at radius 3 is 2.73 bits per heavy atom. The highest BCUT2D eigenvalue weighted by Crippen LogP contribution is 2.33. The van der Waals surface area contributed by atoms with Gasteiger partial charge in [-0.05, 0) is 71.5 Å². The summed E-state index contributed by atoms with van der Waals surface area (Å²) in [7, 11) is -3.08. The van der Waals surface area contributed by atoms with Gasteiger partial charge in [-0.1, -0.05) is 36.4 Å². The standard InChI is InChI=1S/C27H25FN4O4S/c1-36-24-12-10-22(28)16-25(24)37(34,35)31-27(33)29-14-13-19-7-4-8-21-17-30-32(26(19)21)23-11-9-18-5-2-3-6-20(18)15-23/h2-3,5-6,9-13,15-17H,4,7-8,14H2,1H3,(H2,29,31,33). The second-order valence-corrected chi connectivity index (χ2v) is 10.3. The summed E-state index contributed by atoms with van der Waals surface area (Å²) in [5.41, 5.74) is 4.06. The molecule has 0 bridgehead atoms. The molecule has 0 spiro atoms. The lowest BCUT2D eigenvalue weighted by Crippen LogP contribution is -2.39. The number of urea groups is 1. The zero-order chi connectivity index (χ0) is 26.0. The molecule has 3 aromatic carbocycles. The van der Waals surface area contributed by atoms with Crippen LogP contribution in [0, 0.1) is 5.82 Å². The van der Waals surface area contributed by atoms with Crippen LogP contribution in [-0.4, -0.2) is 37.9 Å². The number of methoxy groups -OCH3 is 1. The lowest BCUT2D eigenvalue weighted by atomic mass is 9.92. The quantitative estimate of drug-likeness (QED) is 0.388. The molecule has 5 rings (SSSR count). The minimum atomic E-state index is -4.34. The van der Waals surface area contributed by atoms with Crippen LogP contribution in [0.5, 0.6) is 5.75 Å². The normalized spacial score (nSPS) is 14.4. The van der Waals surface area contributed by atoms with E-state index in [9.17, 15) is 17.6 Å². The van der Waals surface area contributed by atoms with E-state index in [1.165, 1.54) is 13.2 Å². The number of fused-ring (bicyclic) bond motifs is 2. The van der Waals surface area contributed by atoms with Gasteiger partial charge in [0.25, 0.3) is 10.0 Å². The van der Waals surface area contributed by atoms with Crippen LogP contribution in [0.15, 0.2) is 77.8 Å². The number of aryl methyl sites for hydroxylation is 1. The summed E-state index contributed by atoms with van der Waals surface area (Å²) in [6.07, 6.45) is 6.39. The summed E-state index contributed by atoms with van der Waals surface area (Å²) < 4.78 is 47.7. The maximum atomic E-state index is 13.6. The number of benzene rings is 3. The van der Waals surface area contributed by atoms with Gasteiger partial charge in [0.05, 0.1) is 24.7 Å². The third-order valence-corrected chi connectivity index (χ3v) is 7.62. The summed E-state index contributed by atoms with van der Waals surface area (Å²) in [5.74, 6) is -0.831. The van der Waals surface area contributed by atoms with Crippen LogP contribution in [-0.2, 0) is 16.4 Å². The number of rotatable bonds is 6. The SMILES string of the molecule is COc1ccc(F)cc1S(=O)(=O)NC(=O)NCC=C1CCCc2cnn(-c3ccc4ccccc4c3)c21. The van der Waals surface area contributed by atoms with E-state index in [1.807, 2.05) is 39.9 Å². The zero-order valence-corrected chi connectivity index (χ0v) is 20.9. The van der Waals surface area contributed by atoms with Crippen molar-refractivity contribution in [2.75, 3.05) is 13.7 Å². The van der Waals surface area contributed by atoms with E-state index in [4.69, 9.17) is 4.74 Å². The number of carbonyl (C=O) groups is 1. The Balaban J connectivity index is 1.33. The molecule has 4 aromatic rings. The van der Waals surface area contributed by atoms with Crippen LogP contribution in [0.3, 0.4) is 0 Å². The number of amides is 2. The first kappa shape index (κ1) is 24.5. The highest BCUT2D eigenvalue weighted by molar-refractivity contribution is 7.90. The molecule has 37 heavy (non-hydrogen) atoms. The van der Waals surface area contributed by atoms with Gasteiger partial charge in [0.1, 0.15) is 16.5 Å². The van der Waals surface area contributed by atoms with Crippen LogP contribution in [0.2, 0.25) is 0 Å². The van der Waals surface area contributed by atoms with Gasteiger partial charge in [-0.3, -0.25) is 0 Å². The van der Waals surface area contributed by atoms with Crippen LogP contribution in [0.1, 0.15) is 24.1 Å². The second-order valence-electron chi connectivity index (χ2n) is 8.66. The molecule has 1 aromatic heterocycles. The Kier molecular flexibility index (Phi) is 6.66. The molecule has 0 fully saturated rings. The molecular weight excluding hydrogens is 495 g/mol. The summed E-state index contributed by atoms with van der Waals surface area (Å²) in [6, 6.07) is 16.4. The molecule has 190 valence electrons. The van der Waals surface area contributed by atoms with Gasteiger partial charge in [0.2, 0.25) is 0 Å². The Morgan fingerprint density at radius 1 is 1.11 bits per heavy atom. The maximum Gasteiger partial charge on any atom is 0.328 e. The third kappa shape index (κ3) is 5.05. The molecule has 0 saturated carbocycles. The maximum absolute atomic E-state index is 13.6. The Hall–Kier alpha value is -4.18. The molecule has 0 saturated heterocycles. The Bertz CT molecular complexity index is 1630. The van der Waals surface area contributed by atoms with Crippen molar-refractivity contribution in [3.63, 3.8) is 0 Å². The molecule has 0 atom stereocenters. The van der Waals surface area contributed by atoms with E-state index < -0.39 is 26.8 Å². The van der Waals surface area contributed by atoms with Gasteiger partial charge >= 0.3 is 6.03 Å². The summed E-state index contributed by atoms with van der Waals surface area (Å²) >= 11 is 0. The number of ether oxygens (including phenoxy) is 1. The number of allylic oxidation sites excluding steroid dienone is 1. The summed E-state index contributed by atoms with van der Waals surface area (Å²) in [5, 5.41) is 9.43. The molecule has 8 nitrogen and oxygen atoms in total. The van der Waals surface area contributed by atoms with E-state index in [2.05, 4.69) is 34.7 Å². The van der Waals surface area contributed by atoms with Crippen molar-refractivity contribution >= 4 is 32.4 Å². The average Bonchev–Trinajstić information content (AvgIpc) is 3.33. The first-order chi connectivity index (χ1) is 17.9. The number of halogens is 1.